The summed E-state index contributed by atoms with van der Waals surface area (Å²) in [6.45, 7) is 7.22. The Bertz CT molecular complexity index is 1300. The van der Waals surface area contributed by atoms with Crippen LogP contribution in [-0.2, 0) is 9.59 Å². The SMILES string of the molecule is CC(C)(C)CCCCC(=O)Nc1cccc(C(=O)N[C@H](C(=O)N2CCCC[C@@H]2c2cccnc2)c2ccccc2)c1. The Morgan fingerprint density at radius 3 is 2.51 bits per heavy atom. The molecule has 3 amide bonds. The quantitative estimate of drug-likeness (QED) is 0.268. The summed E-state index contributed by atoms with van der Waals surface area (Å²) < 4.78 is 0. The van der Waals surface area contributed by atoms with Crippen molar-refractivity contribution >= 4 is 23.4 Å². The summed E-state index contributed by atoms with van der Waals surface area (Å²) >= 11 is 0. The number of nitrogens with one attached hydrogen (secondary N) is 2. The number of carbonyl (C=O) groups is 3. The van der Waals surface area contributed by atoms with Crippen LogP contribution in [0.5, 0.6) is 0 Å². The van der Waals surface area contributed by atoms with Gasteiger partial charge in [-0.1, -0.05) is 69.7 Å². The van der Waals surface area contributed by atoms with Gasteiger partial charge in [0.1, 0.15) is 6.04 Å². The molecule has 1 aromatic heterocycles. The number of carbonyl (C=O) groups excluding carboxylic acids is 3. The molecule has 7 nitrogen and oxygen atoms in total. The molecule has 1 aliphatic heterocycles. The maximum Gasteiger partial charge on any atom is 0.252 e. The van der Waals surface area contributed by atoms with Crippen LogP contribution >= 0.6 is 0 Å². The van der Waals surface area contributed by atoms with Gasteiger partial charge in [0.2, 0.25) is 11.8 Å². The normalized spacial score (nSPS) is 16.1. The third-order valence-electron chi connectivity index (χ3n) is 7.50. The summed E-state index contributed by atoms with van der Waals surface area (Å²) in [6.07, 6.45) is 9.66. The largest absolute Gasteiger partial charge is 0.336 e. The van der Waals surface area contributed by atoms with Gasteiger partial charge in [-0.3, -0.25) is 19.4 Å². The number of benzene rings is 2. The van der Waals surface area contributed by atoms with E-state index in [-0.39, 0.29) is 29.2 Å². The van der Waals surface area contributed by atoms with Crippen molar-refractivity contribution in [3.63, 3.8) is 0 Å². The highest BCUT2D eigenvalue weighted by atomic mass is 16.2. The summed E-state index contributed by atoms with van der Waals surface area (Å²) in [7, 11) is 0. The lowest BCUT2D eigenvalue weighted by molar-refractivity contribution is -0.137. The van der Waals surface area contributed by atoms with Crippen LogP contribution in [0.15, 0.2) is 79.1 Å². The maximum atomic E-state index is 14.1. The van der Waals surface area contributed by atoms with Gasteiger partial charge in [-0.2, -0.15) is 0 Å². The van der Waals surface area contributed by atoms with E-state index in [1.54, 1.807) is 30.5 Å². The first kappa shape index (κ1) is 30.0. The zero-order chi connectivity index (χ0) is 29.2. The minimum atomic E-state index is -0.845. The second kappa shape index (κ2) is 14.1. The molecule has 0 bridgehead atoms. The number of rotatable bonds is 10. The van der Waals surface area contributed by atoms with Gasteiger partial charge >= 0.3 is 0 Å². The number of pyridine rings is 1. The Balaban J connectivity index is 1.47. The summed E-state index contributed by atoms with van der Waals surface area (Å²) in [5.74, 6) is -0.582. The van der Waals surface area contributed by atoms with Gasteiger partial charge in [0.25, 0.3) is 5.91 Å². The number of amides is 3. The average Bonchev–Trinajstić information content (AvgIpc) is 2.98. The van der Waals surface area contributed by atoms with Crippen molar-refractivity contribution in [2.24, 2.45) is 5.41 Å². The minimum Gasteiger partial charge on any atom is -0.336 e. The molecule has 216 valence electrons. The molecule has 2 atom stereocenters. The van der Waals surface area contributed by atoms with E-state index in [4.69, 9.17) is 0 Å². The minimum absolute atomic E-state index is 0.0691. The first-order valence-electron chi connectivity index (χ1n) is 14.7. The van der Waals surface area contributed by atoms with Gasteiger partial charge < -0.3 is 15.5 Å². The van der Waals surface area contributed by atoms with Gasteiger partial charge in [-0.05, 0) is 72.9 Å². The molecule has 41 heavy (non-hydrogen) atoms. The smallest absolute Gasteiger partial charge is 0.252 e. The molecule has 2 aromatic carbocycles. The molecule has 2 heterocycles. The van der Waals surface area contributed by atoms with Crippen LogP contribution in [0.2, 0.25) is 0 Å². The van der Waals surface area contributed by atoms with Gasteiger partial charge in [0.05, 0.1) is 6.04 Å². The molecular formula is C34H42N4O3. The molecule has 2 N–H and O–H groups in total. The van der Waals surface area contributed by atoms with E-state index < -0.39 is 6.04 Å². The molecule has 0 saturated carbocycles. The van der Waals surface area contributed by atoms with Crippen LogP contribution in [0.4, 0.5) is 5.69 Å². The number of piperidine rings is 1. The molecule has 4 rings (SSSR count). The molecular weight excluding hydrogens is 512 g/mol. The van der Waals surface area contributed by atoms with E-state index in [1.165, 1.54) is 0 Å². The second-order valence-electron chi connectivity index (χ2n) is 12.0. The number of unbranched alkanes of at least 4 members (excludes halogenated alkanes) is 1. The van der Waals surface area contributed by atoms with Crippen LogP contribution in [0, 0.1) is 5.41 Å². The number of aromatic nitrogens is 1. The van der Waals surface area contributed by atoms with Crippen molar-refractivity contribution in [2.75, 3.05) is 11.9 Å². The van der Waals surface area contributed by atoms with E-state index in [9.17, 15) is 14.4 Å². The lowest BCUT2D eigenvalue weighted by atomic mass is 9.89. The second-order valence-corrected chi connectivity index (χ2v) is 12.0. The highest BCUT2D eigenvalue weighted by Crippen LogP contribution is 2.33. The zero-order valence-corrected chi connectivity index (χ0v) is 24.4. The molecule has 0 aliphatic carbocycles. The fourth-order valence-corrected chi connectivity index (χ4v) is 5.33. The molecule has 7 heteroatoms. The van der Waals surface area contributed by atoms with Gasteiger partial charge in [0.15, 0.2) is 0 Å². The predicted octanol–water partition coefficient (Wildman–Crippen LogP) is 6.85. The topological polar surface area (TPSA) is 91.4 Å². The Morgan fingerprint density at radius 1 is 0.976 bits per heavy atom. The van der Waals surface area contributed by atoms with E-state index >= 15 is 0 Å². The monoisotopic (exact) mass is 554 g/mol. The molecule has 0 unspecified atom stereocenters. The lowest BCUT2D eigenvalue weighted by Gasteiger charge is -2.38. The van der Waals surface area contributed by atoms with E-state index in [2.05, 4.69) is 36.4 Å². The van der Waals surface area contributed by atoms with Crippen molar-refractivity contribution in [3.8, 4) is 0 Å². The molecule has 0 spiro atoms. The van der Waals surface area contributed by atoms with Crippen LogP contribution in [0.25, 0.3) is 0 Å². The Kier molecular flexibility index (Phi) is 10.3. The Morgan fingerprint density at radius 2 is 1.78 bits per heavy atom. The maximum absolute atomic E-state index is 14.1. The summed E-state index contributed by atoms with van der Waals surface area (Å²) in [4.78, 5) is 46.3. The average molecular weight is 555 g/mol. The number of hydrogen-bond donors (Lipinski definition) is 2. The zero-order valence-electron chi connectivity index (χ0n) is 24.4. The standard InChI is InChI=1S/C34H42N4O3/c1-34(2,3)20-9-7-19-30(39)36-28-17-11-15-26(23-28)32(40)37-31(25-13-5-4-6-14-25)33(41)38-22-10-8-18-29(38)27-16-12-21-35-24-27/h4-6,11-17,21,23-24,29,31H,7-10,18-20,22H2,1-3H3,(H,36,39)(H,37,40)/t29-,31+/m1/s1. The molecule has 1 aliphatic rings. The lowest BCUT2D eigenvalue weighted by Crippen LogP contribution is -2.46. The van der Waals surface area contributed by atoms with Crippen LogP contribution in [0.1, 0.15) is 99.3 Å². The molecule has 0 radical (unpaired) electrons. The Labute approximate surface area is 243 Å². The number of anilines is 1. The summed E-state index contributed by atoms with van der Waals surface area (Å²) in [6, 6.07) is 19.2. The van der Waals surface area contributed by atoms with Crippen molar-refractivity contribution in [1.82, 2.24) is 15.2 Å². The summed E-state index contributed by atoms with van der Waals surface area (Å²) in [5.41, 5.74) is 2.92. The Hall–Kier alpha value is -4.00. The van der Waals surface area contributed by atoms with Crippen LogP contribution in [-0.4, -0.2) is 34.2 Å². The van der Waals surface area contributed by atoms with E-state index in [0.29, 0.717) is 24.2 Å². The molecule has 3 aromatic rings. The van der Waals surface area contributed by atoms with Crippen LogP contribution in [0.3, 0.4) is 0 Å². The number of hydrogen-bond acceptors (Lipinski definition) is 4. The van der Waals surface area contributed by atoms with Crippen LogP contribution < -0.4 is 10.6 Å². The van der Waals surface area contributed by atoms with Crippen molar-refractivity contribution in [3.05, 3.63) is 95.8 Å². The van der Waals surface area contributed by atoms with Gasteiger partial charge in [0, 0.05) is 36.6 Å². The number of likely N-dealkylation sites (tertiary alicyclic amines) is 1. The molecule has 1 fully saturated rings. The molecule has 1 saturated heterocycles. The highest BCUT2D eigenvalue weighted by molar-refractivity contribution is 5.99. The van der Waals surface area contributed by atoms with E-state index in [1.807, 2.05) is 53.6 Å². The van der Waals surface area contributed by atoms with Crippen molar-refractivity contribution in [1.29, 1.82) is 0 Å². The van der Waals surface area contributed by atoms with Crippen molar-refractivity contribution < 1.29 is 14.4 Å². The third-order valence-corrected chi connectivity index (χ3v) is 7.50. The predicted molar refractivity (Wildman–Crippen MR) is 162 cm³/mol. The van der Waals surface area contributed by atoms with Gasteiger partial charge in [-0.15, -0.1) is 0 Å². The number of nitrogens with zero attached hydrogens (tertiary/aromatic N) is 2. The summed E-state index contributed by atoms with van der Waals surface area (Å²) in [5, 5.41) is 5.91. The van der Waals surface area contributed by atoms with E-state index in [0.717, 1.165) is 49.7 Å². The first-order chi connectivity index (χ1) is 19.7. The van der Waals surface area contributed by atoms with Gasteiger partial charge in [-0.25, -0.2) is 0 Å². The fraction of sp³-hybridized carbons (Fsp3) is 0.412. The first-order valence-corrected chi connectivity index (χ1v) is 14.7. The highest BCUT2D eigenvalue weighted by Gasteiger charge is 2.34. The van der Waals surface area contributed by atoms with Crippen molar-refractivity contribution in [2.45, 2.75) is 77.8 Å². The fourth-order valence-electron chi connectivity index (χ4n) is 5.33. The third kappa shape index (κ3) is 8.74.